The van der Waals surface area contributed by atoms with E-state index in [4.69, 9.17) is 0 Å². The molecule has 7 rings (SSSR count). The molecular weight excluding hydrogens is 382 g/mol. The molecule has 0 aliphatic carbocycles. The highest BCUT2D eigenvalue weighted by molar-refractivity contribution is 7.24. The third kappa shape index (κ3) is 2.06. The average Bonchev–Trinajstić information content (AvgIpc) is 2.82. The van der Waals surface area contributed by atoms with Gasteiger partial charge in [-0.2, -0.15) is 0 Å². The summed E-state index contributed by atoms with van der Waals surface area (Å²) in [4.78, 5) is 0. The molecule has 5 aromatic rings. The van der Waals surface area contributed by atoms with Crippen LogP contribution in [0.2, 0.25) is 0 Å². The molecule has 0 atom stereocenters. The SMILES string of the molecule is c1ccc(-c2ccc3c4cccc5sc6ccccc6n(c6cccc2c36)-c54)cc1. The minimum Gasteiger partial charge on any atom is -0.306 e. The van der Waals surface area contributed by atoms with Crippen LogP contribution in [0, 0.1) is 0 Å². The van der Waals surface area contributed by atoms with E-state index in [1.165, 1.54) is 58.8 Å². The maximum atomic E-state index is 2.47. The molecule has 2 heteroatoms. The van der Waals surface area contributed by atoms with E-state index in [-0.39, 0.29) is 0 Å². The number of fused-ring (bicyclic) bond motifs is 4. The van der Waals surface area contributed by atoms with Crippen molar-refractivity contribution in [2.24, 2.45) is 0 Å². The Kier molecular flexibility index (Phi) is 3.21. The summed E-state index contributed by atoms with van der Waals surface area (Å²) in [5, 5.41) is 5.29. The fraction of sp³-hybridized carbons (Fsp3) is 0. The number of hydrogen-bond acceptors (Lipinski definition) is 1. The lowest BCUT2D eigenvalue weighted by Crippen LogP contribution is -2.04. The van der Waals surface area contributed by atoms with Crippen LogP contribution in [0.15, 0.2) is 103 Å². The molecule has 0 N–H and O–H groups in total. The normalized spacial score (nSPS) is 12.0. The van der Waals surface area contributed by atoms with E-state index in [9.17, 15) is 0 Å². The number of aromatic nitrogens is 1. The number of pyridine rings is 1. The van der Waals surface area contributed by atoms with E-state index in [1.807, 2.05) is 11.3 Å². The highest BCUT2D eigenvalue weighted by Crippen LogP contribution is 2.44. The van der Waals surface area contributed by atoms with Crippen LogP contribution in [-0.4, -0.2) is 4.57 Å². The monoisotopic (exact) mass is 399 g/mol. The molecular formula is C28H17NS. The lowest BCUT2D eigenvalue weighted by atomic mass is 9.92. The van der Waals surface area contributed by atoms with Crippen LogP contribution < -0.4 is 0 Å². The van der Waals surface area contributed by atoms with Crippen LogP contribution in [0.25, 0.3) is 58.8 Å². The molecule has 0 unspecified atom stereocenters. The van der Waals surface area contributed by atoms with Crippen molar-refractivity contribution in [2.45, 2.75) is 0 Å². The third-order valence-corrected chi connectivity index (χ3v) is 7.30. The first-order valence-electron chi connectivity index (χ1n) is 10.2. The van der Waals surface area contributed by atoms with Gasteiger partial charge >= 0.3 is 0 Å². The van der Waals surface area contributed by atoms with E-state index < -0.39 is 0 Å². The van der Waals surface area contributed by atoms with Crippen molar-refractivity contribution in [1.29, 1.82) is 0 Å². The van der Waals surface area contributed by atoms with Gasteiger partial charge in [-0.15, -0.1) is 11.3 Å². The lowest BCUT2D eigenvalue weighted by Gasteiger charge is -2.23. The van der Waals surface area contributed by atoms with Gasteiger partial charge < -0.3 is 4.57 Å². The molecule has 0 aromatic heterocycles. The Balaban J connectivity index is 1.80. The average molecular weight is 400 g/mol. The Morgan fingerprint density at radius 3 is 2.17 bits per heavy atom. The standard InChI is InChI=1S/C28H17NS/c1-2-8-18(9-3-1)19-16-17-21-22-11-7-15-26-28(22)29(23-12-4-5-14-25(23)30-26)24-13-6-10-20(19)27(21)24/h1-17H. The van der Waals surface area contributed by atoms with Gasteiger partial charge in [0.05, 0.1) is 26.1 Å². The Morgan fingerprint density at radius 2 is 1.23 bits per heavy atom. The molecule has 0 fully saturated rings. The van der Waals surface area contributed by atoms with E-state index in [0.717, 1.165) is 0 Å². The summed E-state index contributed by atoms with van der Waals surface area (Å²) in [6.07, 6.45) is 0. The molecule has 0 amide bonds. The number of nitrogens with zero attached hydrogens (tertiary/aromatic N) is 1. The van der Waals surface area contributed by atoms with Crippen molar-refractivity contribution in [1.82, 2.24) is 4.57 Å². The summed E-state index contributed by atoms with van der Waals surface area (Å²) < 4.78 is 5.10. The van der Waals surface area contributed by atoms with E-state index in [2.05, 4.69) is 108 Å². The zero-order valence-electron chi connectivity index (χ0n) is 16.2. The molecule has 2 heterocycles. The van der Waals surface area contributed by atoms with Crippen LogP contribution in [-0.2, 0) is 0 Å². The summed E-state index contributed by atoms with van der Waals surface area (Å²) in [5.74, 6) is 0. The van der Waals surface area contributed by atoms with Crippen molar-refractivity contribution in [3.8, 4) is 16.8 Å². The second-order valence-corrected chi connectivity index (χ2v) is 8.87. The third-order valence-electron chi connectivity index (χ3n) is 6.18. The number of rotatable bonds is 1. The van der Waals surface area contributed by atoms with Gasteiger partial charge in [0.1, 0.15) is 0 Å². The lowest BCUT2D eigenvalue weighted by molar-refractivity contribution is 1.20. The van der Waals surface area contributed by atoms with Crippen LogP contribution in [0.1, 0.15) is 0 Å². The van der Waals surface area contributed by atoms with Crippen molar-refractivity contribution in [3.63, 3.8) is 0 Å². The van der Waals surface area contributed by atoms with Crippen molar-refractivity contribution >= 4 is 53.3 Å². The van der Waals surface area contributed by atoms with Gasteiger partial charge in [0.15, 0.2) is 0 Å². The van der Waals surface area contributed by atoms with Crippen molar-refractivity contribution < 1.29 is 0 Å². The molecule has 30 heavy (non-hydrogen) atoms. The van der Waals surface area contributed by atoms with Crippen molar-refractivity contribution in [3.05, 3.63) is 103 Å². The topological polar surface area (TPSA) is 4.93 Å². The van der Waals surface area contributed by atoms with Gasteiger partial charge in [-0.1, -0.05) is 78.9 Å². The molecule has 140 valence electrons. The Hall–Kier alpha value is -3.62. The summed E-state index contributed by atoms with van der Waals surface area (Å²) in [6, 6.07) is 37.5. The smallest absolute Gasteiger partial charge is 0.0713 e. The summed E-state index contributed by atoms with van der Waals surface area (Å²) >= 11 is 1.87. The first-order valence-corrected chi connectivity index (χ1v) is 11.0. The van der Waals surface area contributed by atoms with Crippen LogP contribution >= 0.6 is 11.3 Å². The van der Waals surface area contributed by atoms with Gasteiger partial charge in [-0.25, -0.2) is 0 Å². The molecule has 0 saturated heterocycles. The first kappa shape index (κ1) is 16.2. The van der Waals surface area contributed by atoms with Gasteiger partial charge in [0, 0.05) is 10.8 Å². The Bertz CT molecular complexity index is 1680. The molecule has 2 aliphatic heterocycles. The van der Waals surface area contributed by atoms with Crippen LogP contribution in [0.3, 0.4) is 0 Å². The summed E-state index contributed by atoms with van der Waals surface area (Å²) in [5.41, 5.74) is 6.40. The molecule has 1 nitrogen and oxygen atoms in total. The minimum absolute atomic E-state index is 1.26. The van der Waals surface area contributed by atoms with Crippen LogP contribution in [0.5, 0.6) is 0 Å². The second-order valence-electron chi connectivity index (χ2n) is 7.78. The first-order chi connectivity index (χ1) is 14.9. The predicted molar refractivity (Wildman–Crippen MR) is 130 cm³/mol. The molecule has 0 saturated carbocycles. The van der Waals surface area contributed by atoms with E-state index in [0.29, 0.717) is 0 Å². The molecule has 5 aromatic carbocycles. The molecule has 0 spiro atoms. The summed E-state index contributed by atoms with van der Waals surface area (Å²) in [7, 11) is 0. The molecule has 0 radical (unpaired) electrons. The predicted octanol–water partition coefficient (Wildman–Crippen LogP) is 8.26. The maximum Gasteiger partial charge on any atom is 0.0713 e. The van der Waals surface area contributed by atoms with E-state index in [1.54, 1.807) is 0 Å². The van der Waals surface area contributed by atoms with Gasteiger partial charge in [0.25, 0.3) is 0 Å². The van der Waals surface area contributed by atoms with E-state index >= 15 is 0 Å². The number of para-hydroxylation sites is 2. The number of hydrogen-bond donors (Lipinski definition) is 0. The fourth-order valence-electron chi connectivity index (χ4n) is 4.94. The Morgan fingerprint density at radius 1 is 0.500 bits per heavy atom. The second kappa shape index (κ2) is 5.94. The molecule has 0 bridgehead atoms. The highest BCUT2D eigenvalue weighted by Gasteiger charge is 2.20. The fourth-order valence-corrected chi connectivity index (χ4v) is 6.03. The minimum atomic E-state index is 1.26. The van der Waals surface area contributed by atoms with Crippen molar-refractivity contribution in [2.75, 3.05) is 0 Å². The van der Waals surface area contributed by atoms with Gasteiger partial charge in [-0.05, 0) is 46.2 Å². The Labute approximate surface area is 177 Å². The zero-order valence-corrected chi connectivity index (χ0v) is 17.0. The summed E-state index contributed by atoms with van der Waals surface area (Å²) in [6.45, 7) is 0. The highest BCUT2D eigenvalue weighted by atomic mass is 32.1. The maximum absolute atomic E-state index is 2.47. The molecule has 2 aliphatic rings. The largest absolute Gasteiger partial charge is 0.306 e. The zero-order chi connectivity index (χ0) is 19.7. The van der Waals surface area contributed by atoms with Gasteiger partial charge in [0.2, 0.25) is 0 Å². The van der Waals surface area contributed by atoms with Crippen LogP contribution in [0.4, 0.5) is 0 Å². The van der Waals surface area contributed by atoms with Gasteiger partial charge in [-0.3, -0.25) is 0 Å². The number of benzene rings is 5. The quantitative estimate of drug-likeness (QED) is 0.193.